The van der Waals surface area contributed by atoms with Crippen molar-refractivity contribution in [2.75, 3.05) is 11.5 Å². The summed E-state index contributed by atoms with van der Waals surface area (Å²) in [5, 5.41) is 0. The summed E-state index contributed by atoms with van der Waals surface area (Å²) in [6.07, 6.45) is 7.13. The lowest BCUT2D eigenvalue weighted by Crippen LogP contribution is -2.38. The van der Waals surface area contributed by atoms with Gasteiger partial charge in [-0.2, -0.15) is 0 Å². The van der Waals surface area contributed by atoms with Crippen molar-refractivity contribution in [1.82, 2.24) is 0 Å². The molecule has 0 radical (unpaired) electrons. The Hall–Kier alpha value is -0.700. The average Bonchev–Trinajstić information content (AvgIpc) is 3.13. The van der Waals surface area contributed by atoms with Gasteiger partial charge in [0.1, 0.15) is 17.1 Å². The zero-order chi connectivity index (χ0) is 14.9. The summed E-state index contributed by atoms with van der Waals surface area (Å²) in [5.41, 5.74) is -0.155. The molecule has 0 spiro atoms. The van der Waals surface area contributed by atoms with Crippen LogP contribution in [0, 0.1) is 11.7 Å². The molecule has 2 aliphatic rings. The molecule has 0 N–H and O–H groups in total. The van der Waals surface area contributed by atoms with E-state index in [1.165, 1.54) is 42.1 Å². The Morgan fingerprint density at radius 3 is 2.38 bits per heavy atom. The molecule has 0 atom stereocenters. The molecule has 1 saturated heterocycles. The zero-order valence-corrected chi connectivity index (χ0v) is 14.0. The third-order valence-corrected chi connectivity index (χ3v) is 7.57. The molecule has 0 aromatic heterocycles. The van der Waals surface area contributed by atoms with Crippen LogP contribution in [0.15, 0.2) is 23.1 Å². The first-order chi connectivity index (χ1) is 10.1. The van der Waals surface area contributed by atoms with E-state index in [1.807, 2.05) is 12.1 Å². The Labute approximate surface area is 130 Å². The van der Waals surface area contributed by atoms with Crippen molar-refractivity contribution in [3.8, 4) is 5.75 Å². The van der Waals surface area contributed by atoms with E-state index in [1.54, 1.807) is 6.07 Å². The van der Waals surface area contributed by atoms with Crippen LogP contribution in [0.25, 0.3) is 0 Å². The van der Waals surface area contributed by atoms with Gasteiger partial charge in [-0.05, 0) is 56.6 Å². The largest absolute Gasteiger partial charge is 0.484 e. The van der Waals surface area contributed by atoms with Gasteiger partial charge in [0.05, 0.1) is 0 Å². The van der Waals surface area contributed by atoms with E-state index in [2.05, 4.69) is 13.8 Å². The second-order valence-electron chi connectivity index (χ2n) is 6.73. The van der Waals surface area contributed by atoms with Gasteiger partial charge in [0, 0.05) is 17.0 Å². The monoisotopic (exact) mass is 309 g/mol. The highest BCUT2D eigenvalue weighted by atomic mass is 32.2. The van der Waals surface area contributed by atoms with Crippen LogP contribution >= 0.6 is 0 Å². The summed E-state index contributed by atoms with van der Waals surface area (Å²) in [6, 6.07) is 5.57. The van der Waals surface area contributed by atoms with Crippen LogP contribution in [-0.4, -0.2) is 17.1 Å². The fourth-order valence-corrected chi connectivity index (χ4v) is 5.94. The van der Waals surface area contributed by atoms with Crippen LogP contribution < -0.4 is 4.74 Å². The van der Waals surface area contributed by atoms with Gasteiger partial charge in [-0.15, -0.1) is 0 Å². The predicted octanol–water partition coefficient (Wildman–Crippen LogP) is 4.94. The Kier molecular flexibility index (Phi) is 4.49. The zero-order valence-electron chi connectivity index (χ0n) is 13.2. The Morgan fingerprint density at radius 1 is 1.10 bits per heavy atom. The topological polar surface area (TPSA) is 9.23 Å². The summed E-state index contributed by atoms with van der Waals surface area (Å²) < 4.78 is 20.5. The summed E-state index contributed by atoms with van der Waals surface area (Å²) >= 11 is 0. The van der Waals surface area contributed by atoms with Crippen molar-refractivity contribution in [3.63, 3.8) is 0 Å². The minimum absolute atomic E-state index is 0.155. The highest BCUT2D eigenvalue weighted by Crippen LogP contribution is 2.41. The van der Waals surface area contributed by atoms with Gasteiger partial charge < -0.3 is 4.74 Å². The van der Waals surface area contributed by atoms with E-state index in [0.29, 0.717) is 22.6 Å². The molecule has 3 rings (SSSR count). The Morgan fingerprint density at radius 2 is 1.76 bits per heavy atom. The molecule has 116 valence electrons. The minimum Gasteiger partial charge on any atom is -0.484 e. The van der Waals surface area contributed by atoms with Crippen molar-refractivity contribution in [3.05, 3.63) is 24.0 Å². The maximum absolute atomic E-state index is 14.2. The summed E-state index contributed by atoms with van der Waals surface area (Å²) in [5.74, 6) is 3.24. The van der Waals surface area contributed by atoms with Gasteiger partial charge in [0.25, 0.3) is 0 Å². The fraction of sp³-hybridized carbons (Fsp3) is 0.667. The number of rotatable bonds is 4. The molecule has 1 aliphatic carbocycles. The highest BCUT2D eigenvalue weighted by Gasteiger charge is 2.40. The van der Waals surface area contributed by atoms with Crippen LogP contribution in [0.4, 0.5) is 4.39 Å². The molecule has 1 aromatic carbocycles. The number of hydrogen-bond acceptors (Lipinski definition) is 1. The quantitative estimate of drug-likeness (QED) is 0.715. The predicted molar refractivity (Wildman–Crippen MR) is 87.7 cm³/mol. The van der Waals surface area contributed by atoms with Crippen molar-refractivity contribution < 1.29 is 9.13 Å². The van der Waals surface area contributed by atoms with Crippen LogP contribution in [-0.2, 0) is 10.9 Å². The molecule has 1 heterocycles. The molecule has 0 bridgehead atoms. The number of halogens is 1. The van der Waals surface area contributed by atoms with Crippen LogP contribution in [0.2, 0.25) is 0 Å². The van der Waals surface area contributed by atoms with E-state index in [-0.39, 0.29) is 11.4 Å². The average molecular weight is 309 g/mol. The van der Waals surface area contributed by atoms with Crippen LogP contribution in [0.5, 0.6) is 5.75 Å². The van der Waals surface area contributed by atoms with Crippen molar-refractivity contribution in [1.29, 1.82) is 0 Å². The molecule has 0 amide bonds. The molecule has 1 aliphatic heterocycles. The second kappa shape index (κ2) is 6.20. The maximum Gasteiger partial charge on any atom is 0.165 e. The third kappa shape index (κ3) is 3.08. The molecule has 0 unspecified atom stereocenters. The minimum atomic E-state index is -0.200. The number of hydrogen-bond donors (Lipinski definition) is 0. The number of benzene rings is 1. The third-order valence-electron chi connectivity index (χ3n) is 5.08. The molecular weight excluding hydrogens is 283 g/mol. The first kappa shape index (κ1) is 15.2. The maximum atomic E-state index is 14.2. The molecule has 1 nitrogen and oxygen atoms in total. The highest BCUT2D eigenvalue weighted by molar-refractivity contribution is 7.97. The van der Waals surface area contributed by atoms with Gasteiger partial charge in [0.15, 0.2) is 16.5 Å². The lowest BCUT2D eigenvalue weighted by atomic mass is 9.88. The van der Waals surface area contributed by atoms with Gasteiger partial charge in [-0.1, -0.05) is 13.8 Å². The fourth-order valence-electron chi connectivity index (χ4n) is 3.62. The van der Waals surface area contributed by atoms with E-state index < -0.39 is 0 Å². The van der Waals surface area contributed by atoms with E-state index >= 15 is 0 Å². The van der Waals surface area contributed by atoms with E-state index in [0.717, 1.165) is 12.8 Å². The van der Waals surface area contributed by atoms with Crippen LogP contribution in [0.3, 0.4) is 0 Å². The molecule has 3 heteroatoms. The van der Waals surface area contributed by atoms with Gasteiger partial charge in [0.2, 0.25) is 0 Å². The van der Waals surface area contributed by atoms with E-state index in [9.17, 15) is 4.39 Å². The summed E-state index contributed by atoms with van der Waals surface area (Å²) in [4.78, 5) is 1.29. The van der Waals surface area contributed by atoms with Crippen molar-refractivity contribution in [2.24, 2.45) is 5.92 Å². The molecular formula is C18H26FOS+. The Bertz CT molecular complexity index is 488. The molecule has 2 fully saturated rings. The van der Waals surface area contributed by atoms with Crippen molar-refractivity contribution in [2.45, 2.75) is 62.9 Å². The lowest BCUT2D eigenvalue weighted by Gasteiger charge is -2.34. The normalized spacial score (nSPS) is 22.1. The van der Waals surface area contributed by atoms with Gasteiger partial charge >= 0.3 is 0 Å². The van der Waals surface area contributed by atoms with Gasteiger partial charge in [-0.3, -0.25) is 0 Å². The lowest BCUT2D eigenvalue weighted by molar-refractivity contribution is 0.0249. The smallest absolute Gasteiger partial charge is 0.165 e. The van der Waals surface area contributed by atoms with Gasteiger partial charge in [-0.25, -0.2) is 4.39 Å². The first-order valence-electron chi connectivity index (χ1n) is 8.27. The summed E-state index contributed by atoms with van der Waals surface area (Å²) in [7, 11) is 0.317. The SMILES string of the molecule is CC(C)C1(Oc2cc([S+]3CCCC3)ccc2F)CCCC1. The van der Waals surface area contributed by atoms with Crippen molar-refractivity contribution >= 4 is 10.9 Å². The van der Waals surface area contributed by atoms with E-state index in [4.69, 9.17) is 4.74 Å². The molecule has 1 saturated carbocycles. The number of ether oxygens (including phenoxy) is 1. The summed E-state index contributed by atoms with van der Waals surface area (Å²) in [6.45, 7) is 4.40. The second-order valence-corrected chi connectivity index (χ2v) is 9.00. The molecule has 21 heavy (non-hydrogen) atoms. The Balaban J connectivity index is 1.85. The standard InChI is InChI=1S/C18H26FOS/c1-14(2)18(9-3-4-10-18)20-17-13-15(7-8-16(17)19)21-11-5-6-12-21/h7-8,13-14H,3-6,9-12H2,1-2H3/q+1. The van der Waals surface area contributed by atoms with Crippen LogP contribution in [0.1, 0.15) is 52.4 Å². The first-order valence-corrected chi connectivity index (χ1v) is 9.83. The molecule has 1 aromatic rings.